The molecule has 24 heavy (non-hydrogen) atoms. The molecular formula is C18H20F2N2O2. The van der Waals surface area contributed by atoms with E-state index in [1.165, 1.54) is 6.07 Å². The highest BCUT2D eigenvalue weighted by atomic mass is 19.1. The van der Waals surface area contributed by atoms with Crippen LogP contribution in [-0.2, 0) is 11.2 Å². The van der Waals surface area contributed by atoms with E-state index in [0.717, 1.165) is 17.7 Å². The number of amides is 1. The first-order chi connectivity index (χ1) is 11.5. The number of carbonyl (C=O) groups is 1. The van der Waals surface area contributed by atoms with Crippen LogP contribution in [0.3, 0.4) is 0 Å². The highest BCUT2D eigenvalue weighted by Crippen LogP contribution is 2.17. The molecular weight excluding hydrogens is 314 g/mol. The summed E-state index contributed by atoms with van der Waals surface area (Å²) in [4.78, 5) is 11.9. The van der Waals surface area contributed by atoms with Gasteiger partial charge in [-0.25, -0.2) is 8.78 Å². The van der Waals surface area contributed by atoms with Gasteiger partial charge in [-0.3, -0.25) is 4.79 Å². The molecule has 0 heterocycles. The minimum Gasteiger partial charge on any atom is -0.488 e. The number of benzene rings is 2. The molecule has 1 atom stereocenters. The van der Waals surface area contributed by atoms with E-state index < -0.39 is 11.6 Å². The summed E-state index contributed by atoms with van der Waals surface area (Å²) < 4.78 is 31.5. The van der Waals surface area contributed by atoms with Crippen LogP contribution in [0.1, 0.15) is 18.9 Å². The van der Waals surface area contributed by atoms with Crippen LogP contribution in [0.4, 0.5) is 14.5 Å². The maximum atomic E-state index is 13.4. The third-order valence-electron chi connectivity index (χ3n) is 3.47. The molecule has 0 fully saturated rings. The van der Waals surface area contributed by atoms with Crippen molar-refractivity contribution in [2.75, 3.05) is 12.3 Å². The summed E-state index contributed by atoms with van der Waals surface area (Å²) >= 11 is 0. The van der Waals surface area contributed by atoms with Gasteiger partial charge >= 0.3 is 0 Å². The Morgan fingerprint density at radius 2 is 2.00 bits per heavy atom. The monoisotopic (exact) mass is 334 g/mol. The van der Waals surface area contributed by atoms with Crippen molar-refractivity contribution >= 4 is 11.6 Å². The van der Waals surface area contributed by atoms with Crippen molar-refractivity contribution in [2.45, 2.75) is 25.8 Å². The minimum absolute atomic E-state index is 0.0467. The highest BCUT2D eigenvalue weighted by molar-refractivity contribution is 5.76. The van der Waals surface area contributed by atoms with Gasteiger partial charge in [-0.05, 0) is 37.1 Å². The average molecular weight is 334 g/mol. The second-order valence-electron chi connectivity index (χ2n) is 5.55. The molecule has 6 heteroatoms. The Labute approximate surface area is 139 Å². The van der Waals surface area contributed by atoms with E-state index >= 15 is 0 Å². The first-order valence-electron chi connectivity index (χ1n) is 7.66. The molecule has 2 aromatic rings. The maximum absolute atomic E-state index is 13.4. The van der Waals surface area contributed by atoms with E-state index in [2.05, 4.69) is 5.32 Å². The summed E-state index contributed by atoms with van der Waals surface area (Å²) in [7, 11) is 0. The molecule has 0 radical (unpaired) electrons. The van der Waals surface area contributed by atoms with Crippen LogP contribution in [0.2, 0.25) is 0 Å². The van der Waals surface area contributed by atoms with Gasteiger partial charge in [0.2, 0.25) is 5.91 Å². The molecule has 0 aliphatic heterocycles. The average Bonchev–Trinajstić information content (AvgIpc) is 2.53. The predicted octanol–water partition coefficient (Wildman–Crippen LogP) is 3.06. The Bertz CT molecular complexity index is 707. The van der Waals surface area contributed by atoms with E-state index in [9.17, 15) is 13.6 Å². The normalized spacial score (nSPS) is 11.8. The summed E-state index contributed by atoms with van der Waals surface area (Å²) in [5, 5.41) is 2.77. The molecule has 0 aliphatic rings. The predicted molar refractivity (Wildman–Crippen MR) is 88.6 cm³/mol. The summed E-state index contributed by atoms with van der Waals surface area (Å²) in [5.74, 6) is -1.63. The summed E-state index contributed by atoms with van der Waals surface area (Å²) in [6.07, 6.45) is 0.835. The Hall–Kier alpha value is -2.63. The number of nitrogen functional groups attached to an aromatic ring is 1. The lowest BCUT2D eigenvalue weighted by Gasteiger charge is -2.15. The second-order valence-corrected chi connectivity index (χ2v) is 5.55. The van der Waals surface area contributed by atoms with Gasteiger partial charge in [-0.2, -0.15) is 0 Å². The number of aryl methyl sites for hydroxylation is 1. The lowest BCUT2D eigenvalue weighted by Crippen LogP contribution is -2.37. The number of halogens is 2. The quantitative estimate of drug-likeness (QED) is 0.765. The number of nitrogens with one attached hydrogen (secondary N) is 1. The first-order valence-corrected chi connectivity index (χ1v) is 7.66. The number of anilines is 1. The molecule has 3 N–H and O–H groups in total. The molecule has 2 aromatic carbocycles. The topological polar surface area (TPSA) is 64.3 Å². The highest BCUT2D eigenvalue weighted by Gasteiger charge is 2.11. The molecule has 2 rings (SSSR count). The SMILES string of the molecule is CC(COc1ccc(F)cc1F)NC(=O)CCc1ccccc1N. The zero-order chi connectivity index (χ0) is 17.5. The first kappa shape index (κ1) is 17.7. The fourth-order valence-corrected chi connectivity index (χ4v) is 2.21. The number of para-hydroxylation sites is 1. The van der Waals surface area contributed by atoms with Crippen molar-refractivity contribution in [3.05, 3.63) is 59.7 Å². The van der Waals surface area contributed by atoms with Gasteiger partial charge in [-0.1, -0.05) is 18.2 Å². The zero-order valence-corrected chi connectivity index (χ0v) is 13.4. The molecule has 0 spiro atoms. The minimum atomic E-state index is -0.770. The molecule has 1 amide bonds. The Kier molecular flexibility index (Phi) is 6.12. The number of rotatable bonds is 7. The molecule has 4 nitrogen and oxygen atoms in total. The Morgan fingerprint density at radius 3 is 2.71 bits per heavy atom. The van der Waals surface area contributed by atoms with Crippen LogP contribution in [-0.4, -0.2) is 18.6 Å². The van der Waals surface area contributed by atoms with Crippen LogP contribution >= 0.6 is 0 Å². The molecule has 0 bridgehead atoms. The number of nitrogens with two attached hydrogens (primary N) is 1. The van der Waals surface area contributed by atoms with Crippen LogP contribution in [0.5, 0.6) is 5.75 Å². The van der Waals surface area contributed by atoms with Gasteiger partial charge in [0.25, 0.3) is 0 Å². The number of ether oxygens (including phenoxy) is 1. The third-order valence-corrected chi connectivity index (χ3v) is 3.47. The van der Waals surface area contributed by atoms with Gasteiger partial charge in [0.1, 0.15) is 12.4 Å². The van der Waals surface area contributed by atoms with Crippen LogP contribution in [0.15, 0.2) is 42.5 Å². The van der Waals surface area contributed by atoms with E-state index in [-0.39, 0.29) is 24.3 Å². The fourth-order valence-electron chi connectivity index (χ4n) is 2.21. The summed E-state index contributed by atoms with van der Waals surface area (Å²) in [6.45, 7) is 1.83. The van der Waals surface area contributed by atoms with Gasteiger partial charge < -0.3 is 15.8 Å². The standard InChI is InChI=1S/C18H20F2N2O2/c1-12(11-24-17-8-7-14(19)10-15(17)20)22-18(23)9-6-13-4-2-3-5-16(13)21/h2-5,7-8,10,12H,6,9,11,21H2,1H3,(H,22,23). The van der Waals surface area contributed by atoms with Gasteiger partial charge in [0.15, 0.2) is 11.6 Å². The van der Waals surface area contributed by atoms with Gasteiger partial charge in [-0.15, -0.1) is 0 Å². The molecule has 0 saturated heterocycles. The fraction of sp³-hybridized carbons (Fsp3) is 0.278. The van der Waals surface area contributed by atoms with E-state index in [1.807, 2.05) is 18.2 Å². The smallest absolute Gasteiger partial charge is 0.220 e. The zero-order valence-electron chi connectivity index (χ0n) is 13.4. The van der Waals surface area contributed by atoms with Crippen LogP contribution in [0, 0.1) is 11.6 Å². The molecule has 1 unspecified atom stereocenters. The number of hydrogen-bond acceptors (Lipinski definition) is 3. The van der Waals surface area contributed by atoms with Crippen molar-refractivity contribution in [2.24, 2.45) is 0 Å². The van der Waals surface area contributed by atoms with Gasteiger partial charge in [0, 0.05) is 18.2 Å². The van der Waals surface area contributed by atoms with Gasteiger partial charge in [0.05, 0.1) is 6.04 Å². The Morgan fingerprint density at radius 1 is 1.25 bits per heavy atom. The van der Waals surface area contributed by atoms with E-state index in [4.69, 9.17) is 10.5 Å². The maximum Gasteiger partial charge on any atom is 0.220 e. The molecule has 0 aliphatic carbocycles. The van der Waals surface area contributed by atoms with Crippen molar-refractivity contribution in [3.8, 4) is 5.75 Å². The second kappa shape index (κ2) is 8.29. The van der Waals surface area contributed by atoms with E-state index in [1.54, 1.807) is 13.0 Å². The Balaban J connectivity index is 1.76. The van der Waals surface area contributed by atoms with Crippen molar-refractivity contribution in [3.63, 3.8) is 0 Å². The molecule has 0 saturated carbocycles. The lowest BCUT2D eigenvalue weighted by molar-refractivity contribution is -0.121. The van der Waals surface area contributed by atoms with E-state index in [0.29, 0.717) is 18.5 Å². The lowest BCUT2D eigenvalue weighted by atomic mass is 10.1. The largest absolute Gasteiger partial charge is 0.488 e. The number of carbonyl (C=O) groups excluding carboxylic acids is 1. The summed E-state index contributed by atoms with van der Waals surface area (Å²) in [5.41, 5.74) is 7.41. The van der Waals surface area contributed by atoms with Crippen molar-refractivity contribution in [1.29, 1.82) is 0 Å². The number of hydrogen-bond donors (Lipinski definition) is 2. The van der Waals surface area contributed by atoms with Crippen LogP contribution < -0.4 is 15.8 Å². The third kappa shape index (κ3) is 5.22. The molecule has 0 aromatic heterocycles. The summed E-state index contributed by atoms with van der Waals surface area (Å²) in [6, 6.07) is 10.2. The van der Waals surface area contributed by atoms with Crippen molar-refractivity contribution < 1.29 is 18.3 Å². The molecule has 128 valence electrons. The van der Waals surface area contributed by atoms with Crippen molar-refractivity contribution in [1.82, 2.24) is 5.32 Å². The van der Waals surface area contributed by atoms with Crippen LogP contribution in [0.25, 0.3) is 0 Å².